The number of thiazole rings is 1. The van der Waals surface area contributed by atoms with Crippen LogP contribution in [0.2, 0.25) is 0 Å². The third kappa shape index (κ3) is 7.35. The third-order valence-corrected chi connectivity index (χ3v) is 10.5. The smallest absolute Gasteiger partial charge is 0.406 e. The summed E-state index contributed by atoms with van der Waals surface area (Å²) in [6, 6.07) is 14.7. The molecule has 2 amide bonds. The molecule has 1 unspecified atom stereocenters. The summed E-state index contributed by atoms with van der Waals surface area (Å²) in [5.74, 6) is -3.13. The molecule has 1 aromatic heterocycles. The number of sulfonamides is 1. The molecule has 11 nitrogen and oxygen atoms in total. The minimum Gasteiger partial charge on any atom is -0.406 e. The van der Waals surface area contributed by atoms with Gasteiger partial charge in [0.1, 0.15) is 10.8 Å². The van der Waals surface area contributed by atoms with Crippen molar-refractivity contribution in [2.24, 2.45) is 5.14 Å². The number of aromatic nitrogens is 1. The number of benzene rings is 3. The van der Waals surface area contributed by atoms with Crippen LogP contribution in [-0.4, -0.2) is 52.3 Å². The van der Waals surface area contributed by atoms with Gasteiger partial charge in [0.2, 0.25) is 15.9 Å². The molecule has 0 bridgehead atoms. The first-order valence-corrected chi connectivity index (χ1v) is 17.0. The van der Waals surface area contributed by atoms with E-state index >= 15 is 0 Å². The van der Waals surface area contributed by atoms with Gasteiger partial charge in [-0.3, -0.25) is 9.59 Å². The van der Waals surface area contributed by atoms with E-state index in [1.165, 1.54) is 0 Å². The molecule has 1 aliphatic rings. The van der Waals surface area contributed by atoms with Crippen LogP contribution in [0.25, 0.3) is 21.3 Å². The van der Waals surface area contributed by atoms with Gasteiger partial charge in [-0.2, -0.15) is 0 Å². The Labute approximate surface area is 253 Å². The highest BCUT2D eigenvalue weighted by molar-refractivity contribution is 7.91. The van der Waals surface area contributed by atoms with Crippen molar-refractivity contribution in [2.45, 2.75) is 23.9 Å². The Morgan fingerprint density at radius 2 is 1.73 bits per heavy atom. The molecule has 3 aromatic carbocycles. The van der Waals surface area contributed by atoms with Crippen LogP contribution < -0.4 is 20.5 Å². The highest BCUT2D eigenvalue weighted by atomic mass is 32.2. The largest absolute Gasteiger partial charge is 0.573 e. The number of nitrogens with two attached hydrogens (primary N) is 1. The first-order chi connectivity index (χ1) is 20.6. The lowest BCUT2D eigenvalue weighted by atomic mass is 10.0. The van der Waals surface area contributed by atoms with E-state index in [1.54, 1.807) is 30.3 Å². The zero-order chi connectivity index (χ0) is 31.9. The normalized spacial score (nSPS) is 14.2. The van der Waals surface area contributed by atoms with Crippen molar-refractivity contribution >= 4 is 53.2 Å². The fraction of sp³-hybridized carbons (Fsp3) is 0.222. The summed E-state index contributed by atoms with van der Waals surface area (Å²) in [5.41, 5.74) is 3.46. The van der Waals surface area contributed by atoms with Crippen molar-refractivity contribution < 1.29 is 44.3 Å². The van der Waals surface area contributed by atoms with E-state index in [9.17, 15) is 39.6 Å². The molecule has 232 valence electrons. The van der Waals surface area contributed by atoms with Crippen LogP contribution in [0.3, 0.4) is 0 Å². The van der Waals surface area contributed by atoms with Crippen LogP contribution in [0.5, 0.6) is 5.75 Å². The number of amides is 2. The van der Waals surface area contributed by atoms with Gasteiger partial charge in [0.15, 0.2) is 15.1 Å². The molecule has 1 atom stereocenters. The summed E-state index contributed by atoms with van der Waals surface area (Å²) in [4.78, 5) is 29.5. The lowest BCUT2D eigenvalue weighted by Crippen LogP contribution is -2.37. The average Bonchev–Trinajstić information content (AvgIpc) is 3.50. The van der Waals surface area contributed by atoms with Gasteiger partial charge in [-0.15, -0.1) is 24.5 Å². The van der Waals surface area contributed by atoms with Crippen molar-refractivity contribution in [3.8, 4) is 16.9 Å². The molecule has 0 aliphatic carbocycles. The molecule has 0 saturated carbocycles. The minimum atomic E-state index is -4.93. The number of nitrogens with zero attached hydrogens (tertiary/aromatic N) is 1. The summed E-state index contributed by atoms with van der Waals surface area (Å²) < 4.78 is 91.9. The number of sulfone groups is 1. The second-order valence-electron chi connectivity index (χ2n) is 9.83. The quantitative estimate of drug-likeness (QED) is 0.231. The first kappa shape index (κ1) is 31.4. The summed E-state index contributed by atoms with van der Waals surface area (Å²) in [7, 11) is -8.37. The van der Waals surface area contributed by atoms with E-state index in [-0.39, 0.29) is 16.5 Å². The number of carbonyl (C=O) groups is 2. The number of primary sulfonamides is 1. The van der Waals surface area contributed by atoms with Crippen LogP contribution in [0.4, 0.5) is 13.2 Å². The van der Waals surface area contributed by atoms with Gasteiger partial charge in [-0.05, 0) is 58.7 Å². The van der Waals surface area contributed by atoms with Gasteiger partial charge < -0.3 is 15.4 Å². The maximum atomic E-state index is 13.6. The molecule has 44 heavy (non-hydrogen) atoms. The number of rotatable bonds is 10. The van der Waals surface area contributed by atoms with Crippen LogP contribution in [-0.2, 0) is 37.0 Å². The van der Waals surface area contributed by atoms with Crippen molar-refractivity contribution in [2.75, 3.05) is 12.3 Å². The Morgan fingerprint density at radius 1 is 1.05 bits per heavy atom. The van der Waals surface area contributed by atoms with Crippen LogP contribution in [0.15, 0.2) is 60.7 Å². The van der Waals surface area contributed by atoms with E-state index < -0.39 is 61.2 Å². The molecule has 0 saturated heterocycles. The van der Waals surface area contributed by atoms with Crippen molar-refractivity contribution in [1.29, 1.82) is 0 Å². The molecule has 4 N–H and O–H groups in total. The number of ether oxygens (including phenoxy) is 1. The molecule has 1 aliphatic heterocycles. The van der Waals surface area contributed by atoms with Gasteiger partial charge in [0, 0.05) is 18.7 Å². The number of nitrogens with one attached hydrogen (secondary N) is 2. The standard InChI is InChI=1S/C27H23F3N4O7S3/c28-27(29,30)41-19-5-1-15(2-6-19)14-43(37,38)23(25(36)32-9-10-44(31,39)40)26-34-21-8-4-17(12-22(21)42-26)16-3-7-20-18(11-16)13-33-24(20)35/h1-8,11-12,23H,9-10,13-14H2,(H,32,36)(H,33,35)(H2,31,39,40). The Balaban J connectivity index is 1.46. The lowest BCUT2D eigenvalue weighted by molar-refractivity contribution is -0.274. The summed E-state index contributed by atoms with van der Waals surface area (Å²) in [6.07, 6.45) is -4.93. The zero-order valence-corrected chi connectivity index (χ0v) is 24.9. The lowest BCUT2D eigenvalue weighted by Gasteiger charge is -2.16. The Kier molecular flexibility index (Phi) is 8.41. The van der Waals surface area contributed by atoms with Crippen molar-refractivity contribution in [3.63, 3.8) is 0 Å². The summed E-state index contributed by atoms with van der Waals surface area (Å²) in [6.45, 7) is -0.0644. The molecule has 2 heterocycles. The number of fused-ring (bicyclic) bond motifs is 2. The number of carbonyl (C=O) groups excluding carboxylic acids is 2. The Morgan fingerprint density at radius 3 is 2.41 bits per heavy atom. The number of hydrogen-bond donors (Lipinski definition) is 3. The Hall–Kier alpha value is -4.06. The number of alkyl halides is 3. The summed E-state index contributed by atoms with van der Waals surface area (Å²) >= 11 is 0.948. The Bertz CT molecular complexity index is 1980. The fourth-order valence-electron chi connectivity index (χ4n) is 4.59. The van der Waals surface area contributed by atoms with E-state index in [4.69, 9.17) is 5.14 Å². The monoisotopic (exact) mass is 668 g/mol. The minimum absolute atomic E-state index is 0.0786. The van der Waals surface area contributed by atoms with Gasteiger partial charge in [0.05, 0.1) is 21.7 Å². The molecule has 4 aromatic rings. The molecular weight excluding hydrogens is 646 g/mol. The second kappa shape index (κ2) is 11.8. The predicted octanol–water partition coefficient (Wildman–Crippen LogP) is 3.17. The maximum absolute atomic E-state index is 13.6. The predicted molar refractivity (Wildman–Crippen MR) is 156 cm³/mol. The van der Waals surface area contributed by atoms with Gasteiger partial charge in [0.25, 0.3) is 5.91 Å². The van der Waals surface area contributed by atoms with Crippen LogP contribution in [0, 0.1) is 0 Å². The highest BCUT2D eigenvalue weighted by Crippen LogP contribution is 2.36. The van der Waals surface area contributed by atoms with Crippen molar-refractivity contribution in [3.05, 3.63) is 82.4 Å². The van der Waals surface area contributed by atoms with E-state index in [0.717, 1.165) is 52.3 Å². The molecular formula is C27H23F3N4O7S3. The van der Waals surface area contributed by atoms with E-state index in [2.05, 4.69) is 20.4 Å². The first-order valence-electron chi connectivity index (χ1n) is 12.7. The zero-order valence-electron chi connectivity index (χ0n) is 22.4. The van der Waals surface area contributed by atoms with Crippen molar-refractivity contribution in [1.82, 2.24) is 15.6 Å². The van der Waals surface area contributed by atoms with Crippen LogP contribution in [0.1, 0.15) is 31.7 Å². The average molecular weight is 669 g/mol. The number of halogens is 3. The third-order valence-electron chi connectivity index (χ3n) is 6.56. The van der Waals surface area contributed by atoms with Crippen LogP contribution >= 0.6 is 11.3 Å². The van der Waals surface area contributed by atoms with Gasteiger partial charge in [-0.1, -0.05) is 24.3 Å². The molecule has 0 fully saturated rings. The van der Waals surface area contributed by atoms with E-state index in [0.29, 0.717) is 22.3 Å². The SMILES string of the molecule is NS(=O)(=O)CCNC(=O)C(c1nc2ccc(-c3ccc4c(c3)CNC4=O)cc2s1)S(=O)(=O)Cc1ccc(OC(F)(F)F)cc1. The van der Waals surface area contributed by atoms with Gasteiger partial charge >= 0.3 is 6.36 Å². The number of hydrogen-bond acceptors (Lipinski definition) is 9. The maximum Gasteiger partial charge on any atom is 0.573 e. The van der Waals surface area contributed by atoms with E-state index in [1.807, 2.05) is 6.07 Å². The second-order valence-corrected chi connectivity index (χ2v) is 14.7. The van der Waals surface area contributed by atoms with Gasteiger partial charge in [-0.25, -0.2) is 27.0 Å². The highest BCUT2D eigenvalue weighted by Gasteiger charge is 2.37. The molecule has 0 radical (unpaired) electrons. The molecule has 17 heteroatoms. The summed E-state index contributed by atoms with van der Waals surface area (Å²) in [5, 5.41) is 8.07. The molecule has 5 rings (SSSR count). The topological polar surface area (TPSA) is 175 Å². The fourth-order valence-corrected chi connectivity index (χ4v) is 8.14. The molecule has 0 spiro atoms.